The van der Waals surface area contributed by atoms with Gasteiger partial charge in [0.2, 0.25) is 0 Å². The van der Waals surface area contributed by atoms with Gasteiger partial charge in [0.25, 0.3) is 0 Å². The predicted molar refractivity (Wildman–Crippen MR) is 81.7 cm³/mol. The van der Waals surface area contributed by atoms with Gasteiger partial charge >= 0.3 is 0 Å². The molecule has 0 bridgehead atoms. The van der Waals surface area contributed by atoms with Gasteiger partial charge in [-0.05, 0) is 59.2 Å². The Labute approximate surface area is 115 Å². The van der Waals surface area contributed by atoms with E-state index in [1.807, 2.05) is 12.1 Å². The van der Waals surface area contributed by atoms with E-state index in [0.717, 1.165) is 19.3 Å². The summed E-state index contributed by atoms with van der Waals surface area (Å²) in [5.41, 5.74) is 6.77. The second kappa shape index (κ2) is 5.92. The van der Waals surface area contributed by atoms with Crippen LogP contribution in [0.15, 0.2) is 36.4 Å². The van der Waals surface area contributed by atoms with Crippen molar-refractivity contribution in [3.63, 3.8) is 0 Å². The fourth-order valence-corrected chi connectivity index (χ4v) is 2.60. The second-order valence-electron chi connectivity index (χ2n) is 4.89. The first-order valence-electron chi connectivity index (χ1n) is 7.13. The van der Waals surface area contributed by atoms with Crippen molar-refractivity contribution in [2.75, 3.05) is 0 Å². The molecule has 0 saturated heterocycles. The van der Waals surface area contributed by atoms with Crippen molar-refractivity contribution in [3.8, 4) is 16.9 Å². The zero-order chi connectivity index (χ0) is 13.8. The molecule has 1 N–H and O–H groups in total. The molecule has 0 aliphatic heterocycles. The Hall–Kier alpha value is -1.76. The van der Waals surface area contributed by atoms with Crippen molar-refractivity contribution in [2.24, 2.45) is 0 Å². The maximum absolute atomic E-state index is 9.41. The standard InChI is InChI=1S/C18H22O/c1-4-13-11-15(6-3)18(12-14(13)5-2)16-7-9-17(19)10-8-16/h7-12,19H,4-6H2,1-3H3. The van der Waals surface area contributed by atoms with E-state index in [1.165, 1.54) is 27.8 Å². The van der Waals surface area contributed by atoms with Crippen LogP contribution in [0.3, 0.4) is 0 Å². The quantitative estimate of drug-likeness (QED) is 0.835. The van der Waals surface area contributed by atoms with Crippen LogP contribution >= 0.6 is 0 Å². The summed E-state index contributed by atoms with van der Waals surface area (Å²) in [6.45, 7) is 6.62. The molecule has 0 amide bonds. The summed E-state index contributed by atoms with van der Waals surface area (Å²) in [7, 11) is 0. The first-order chi connectivity index (χ1) is 9.19. The lowest BCUT2D eigenvalue weighted by molar-refractivity contribution is 0.475. The normalized spacial score (nSPS) is 10.7. The smallest absolute Gasteiger partial charge is 0.115 e. The molecule has 0 heterocycles. The van der Waals surface area contributed by atoms with Crippen molar-refractivity contribution in [2.45, 2.75) is 40.0 Å². The van der Waals surface area contributed by atoms with Gasteiger partial charge in [0, 0.05) is 0 Å². The van der Waals surface area contributed by atoms with Crippen LogP contribution in [0, 0.1) is 0 Å². The minimum absolute atomic E-state index is 0.322. The highest BCUT2D eigenvalue weighted by Crippen LogP contribution is 2.29. The molecule has 100 valence electrons. The number of phenols is 1. The topological polar surface area (TPSA) is 20.2 Å². The van der Waals surface area contributed by atoms with Crippen LogP contribution in [0.25, 0.3) is 11.1 Å². The molecule has 0 radical (unpaired) electrons. The molecule has 0 saturated carbocycles. The van der Waals surface area contributed by atoms with Gasteiger partial charge in [0.1, 0.15) is 5.75 Å². The zero-order valence-corrected chi connectivity index (χ0v) is 12.0. The summed E-state index contributed by atoms with van der Waals surface area (Å²) in [6, 6.07) is 12.2. The lowest BCUT2D eigenvalue weighted by Gasteiger charge is -2.14. The largest absolute Gasteiger partial charge is 0.508 e. The molecule has 0 spiro atoms. The molecule has 2 aromatic carbocycles. The molecular weight excluding hydrogens is 232 g/mol. The summed E-state index contributed by atoms with van der Waals surface area (Å²) in [5.74, 6) is 0.322. The highest BCUT2D eigenvalue weighted by molar-refractivity contribution is 5.69. The Bertz CT molecular complexity index is 553. The first-order valence-corrected chi connectivity index (χ1v) is 7.13. The Morgan fingerprint density at radius 1 is 0.737 bits per heavy atom. The fourth-order valence-electron chi connectivity index (χ4n) is 2.60. The van der Waals surface area contributed by atoms with Gasteiger partial charge in [0.15, 0.2) is 0 Å². The summed E-state index contributed by atoms with van der Waals surface area (Å²) in [6.07, 6.45) is 3.19. The summed E-state index contributed by atoms with van der Waals surface area (Å²) < 4.78 is 0. The molecule has 0 atom stereocenters. The third kappa shape index (κ3) is 2.81. The zero-order valence-electron chi connectivity index (χ0n) is 12.0. The summed E-state index contributed by atoms with van der Waals surface area (Å²) in [5, 5.41) is 9.41. The fraction of sp³-hybridized carbons (Fsp3) is 0.333. The van der Waals surface area contributed by atoms with Gasteiger partial charge in [-0.15, -0.1) is 0 Å². The van der Waals surface area contributed by atoms with Crippen LogP contribution in [0.4, 0.5) is 0 Å². The molecule has 19 heavy (non-hydrogen) atoms. The van der Waals surface area contributed by atoms with Crippen molar-refractivity contribution < 1.29 is 5.11 Å². The number of benzene rings is 2. The molecule has 2 aromatic rings. The average Bonchev–Trinajstić information content (AvgIpc) is 2.46. The van der Waals surface area contributed by atoms with Crippen molar-refractivity contribution in [1.82, 2.24) is 0 Å². The van der Waals surface area contributed by atoms with Crippen LogP contribution in [0.1, 0.15) is 37.5 Å². The number of phenolic OH excluding ortho intramolecular Hbond substituents is 1. The number of aryl methyl sites for hydroxylation is 3. The predicted octanol–water partition coefficient (Wildman–Crippen LogP) is 4.75. The Morgan fingerprint density at radius 2 is 1.26 bits per heavy atom. The van der Waals surface area contributed by atoms with Gasteiger partial charge in [-0.25, -0.2) is 0 Å². The maximum atomic E-state index is 9.41. The number of hydrogen-bond acceptors (Lipinski definition) is 1. The molecular formula is C18H22O. The van der Waals surface area contributed by atoms with Gasteiger partial charge in [-0.3, -0.25) is 0 Å². The molecule has 0 aromatic heterocycles. The highest BCUT2D eigenvalue weighted by Gasteiger charge is 2.09. The highest BCUT2D eigenvalue weighted by atomic mass is 16.3. The van der Waals surface area contributed by atoms with Crippen LogP contribution < -0.4 is 0 Å². The minimum Gasteiger partial charge on any atom is -0.508 e. The summed E-state index contributed by atoms with van der Waals surface area (Å²) >= 11 is 0. The molecule has 0 aliphatic rings. The van der Waals surface area contributed by atoms with E-state index >= 15 is 0 Å². The Kier molecular flexibility index (Phi) is 4.26. The van der Waals surface area contributed by atoms with E-state index in [1.54, 1.807) is 12.1 Å². The lowest BCUT2D eigenvalue weighted by Crippen LogP contribution is -1.97. The van der Waals surface area contributed by atoms with E-state index in [-0.39, 0.29) is 0 Å². The average molecular weight is 254 g/mol. The number of hydrogen-bond donors (Lipinski definition) is 1. The number of rotatable bonds is 4. The van der Waals surface area contributed by atoms with Crippen LogP contribution in [-0.4, -0.2) is 5.11 Å². The maximum Gasteiger partial charge on any atom is 0.115 e. The van der Waals surface area contributed by atoms with Crippen LogP contribution in [0.5, 0.6) is 5.75 Å². The van der Waals surface area contributed by atoms with E-state index in [4.69, 9.17) is 0 Å². The molecule has 1 heteroatoms. The molecule has 2 rings (SSSR count). The van der Waals surface area contributed by atoms with Gasteiger partial charge in [0.05, 0.1) is 0 Å². The van der Waals surface area contributed by atoms with Crippen LogP contribution in [-0.2, 0) is 19.3 Å². The van der Waals surface area contributed by atoms with E-state index in [0.29, 0.717) is 5.75 Å². The first kappa shape index (κ1) is 13.7. The van der Waals surface area contributed by atoms with Gasteiger partial charge in [-0.2, -0.15) is 0 Å². The van der Waals surface area contributed by atoms with Gasteiger partial charge < -0.3 is 5.11 Å². The second-order valence-corrected chi connectivity index (χ2v) is 4.89. The molecule has 0 fully saturated rings. The van der Waals surface area contributed by atoms with E-state index in [2.05, 4.69) is 32.9 Å². The number of aromatic hydroxyl groups is 1. The minimum atomic E-state index is 0.322. The Balaban J connectivity index is 2.57. The monoisotopic (exact) mass is 254 g/mol. The van der Waals surface area contributed by atoms with Crippen molar-refractivity contribution >= 4 is 0 Å². The van der Waals surface area contributed by atoms with Crippen LogP contribution in [0.2, 0.25) is 0 Å². The SMILES string of the molecule is CCc1cc(CC)c(-c2ccc(O)cc2)cc1CC. The van der Waals surface area contributed by atoms with E-state index in [9.17, 15) is 5.11 Å². The molecule has 0 aliphatic carbocycles. The molecule has 1 nitrogen and oxygen atoms in total. The molecule has 0 unspecified atom stereocenters. The third-order valence-electron chi connectivity index (χ3n) is 3.75. The van der Waals surface area contributed by atoms with Crippen molar-refractivity contribution in [1.29, 1.82) is 0 Å². The summed E-state index contributed by atoms with van der Waals surface area (Å²) in [4.78, 5) is 0. The Morgan fingerprint density at radius 3 is 1.79 bits per heavy atom. The van der Waals surface area contributed by atoms with E-state index < -0.39 is 0 Å². The van der Waals surface area contributed by atoms with Gasteiger partial charge in [-0.1, -0.05) is 45.0 Å². The lowest BCUT2D eigenvalue weighted by atomic mass is 9.91. The third-order valence-corrected chi connectivity index (χ3v) is 3.75. The van der Waals surface area contributed by atoms with Crippen molar-refractivity contribution in [3.05, 3.63) is 53.1 Å².